The van der Waals surface area contributed by atoms with Crippen LogP contribution in [0.25, 0.3) is 0 Å². The Morgan fingerprint density at radius 2 is 2.32 bits per heavy atom. The zero-order valence-corrected chi connectivity index (χ0v) is 12.5. The van der Waals surface area contributed by atoms with E-state index in [-0.39, 0.29) is 17.7 Å². The first-order valence-corrected chi connectivity index (χ1v) is 7.53. The molecule has 1 spiro atoms. The number of hydrogen-bond acceptors (Lipinski definition) is 5. The molecular formula is C13H18BrN3O2. The number of halogens is 1. The number of anilines is 1. The minimum absolute atomic E-state index is 0.174. The Morgan fingerprint density at radius 1 is 1.53 bits per heavy atom. The molecule has 1 saturated carbocycles. The Hall–Kier alpha value is -0.720. The van der Waals surface area contributed by atoms with Crippen molar-refractivity contribution >= 4 is 21.9 Å². The zero-order valence-electron chi connectivity index (χ0n) is 10.9. The van der Waals surface area contributed by atoms with Gasteiger partial charge in [0.05, 0.1) is 16.6 Å². The molecule has 3 unspecified atom stereocenters. The quantitative estimate of drug-likeness (QED) is 0.920. The van der Waals surface area contributed by atoms with Crippen molar-refractivity contribution in [3.05, 3.63) is 16.9 Å². The molecule has 3 rings (SSSR count). The first kappa shape index (κ1) is 13.3. The molecule has 1 aromatic heterocycles. The lowest BCUT2D eigenvalue weighted by molar-refractivity contribution is -0.184. The molecule has 3 atom stereocenters. The van der Waals surface area contributed by atoms with E-state index in [0.29, 0.717) is 5.95 Å². The first-order chi connectivity index (χ1) is 9.24. The summed E-state index contributed by atoms with van der Waals surface area (Å²) in [5, 5.41) is 3.38. The van der Waals surface area contributed by atoms with E-state index in [1.165, 1.54) is 0 Å². The van der Waals surface area contributed by atoms with E-state index in [4.69, 9.17) is 9.47 Å². The van der Waals surface area contributed by atoms with Gasteiger partial charge in [-0.25, -0.2) is 9.97 Å². The van der Waals surface area contributed by atoms with Crippen LogP contribution in [0.15, 0.2) is 16.9 Å². The summed E-state index contributed by atoms with van der Waals surface area (Å²) in [5.41, 5.74) is -0.174. The van der Waals surface area contributed by atoms with Crippen molar-refractivity contribution in [1.82, 2.24) is 9.97 Å². The van der Waals surface area contributed by atoms with E-state index in [1.807, 2.05) is 6.92 Å². The maximum atomic E-state index is 6.00. The monoisotopic (exact) mass is 327 g/mol. The van der Waals surface area contributed by atoms with E-state index in [9.17, 15) is 0 Å². The average molecular weight is 328 g/mol. The van der Waals surface area contributed by atoms with Crippen molar-refractivity contribution < 1.29 is 9.47 Å². The van der Waals surface area contributed by atoms with Gasteiger partial charge in [-0.1, -0.05) is 0 Å². The number of nitrogens with one attached hydrogen (secondary N) is 1. The molecule has 0 amide bonds. The molecule has 0 aromatic carbocycles. The summed E-state index contributed by atoms with van der Waals surface area (Å²) in [5.74, 6) is 0.651. The molecule has 6 heteroatoms. The molecule has 2 fully saturated rings. The highest BCUT2D eigenvalue weighted by Gasteiger charge is 2.58. The summed E-state index contributed by atoms with van der Waals surface area (Å²) in [4.78, 5) is 8.52. The summed E-state index contributed by atoms with van der Waals surface area (Å²) in [6.45, 7) is 3.58. The van der Waals surface area contributed by atoms with Gasteiger partial charge in [0.15, 0.2) is 0 Å². The van der Waals surface area contributed by atoms with Crippen LogP contribution in [0.5, 0.6) is 0 Å². The Labute approximate surface area is 121 Å². The normalized spacial score (nSPS) is 33.4. The third-order valence-electron chi connectivity index (χ3n) is 3.96. The number of nitrogens with zero attached hydrogens (tertiary/aromatic N) is 2. The average Bonchev–Trinajstić information content (AvgIpc) is 2.92. The fraction of sp³-hybridized carbons (Fsp3) is 0.692. The van der Waals surface area contributed by atoms with Gasteiger partial charge in [0.1, 0.15) is 5.60 Å². The van der Waals surface area contributed by atoms with E-state index < -0.39 is 0 Å². The van der Waals surface area contributed by atoms with Crippen LogP contribution >= 0.6 is 15.9 Å². The van der Waals surface area contributed by atoms with Crippen LogP contribution in [0.4, 0.5) is 5.95 Å². The summed E-state index contributed by atoms with van der Waals surface area (Å²) in [6.07, 6.45) is 6.79. The molecule has 1 aliphatic heterocycles. The van der Waals surface area contributed by atoms with Gasteiger partial charge in [-0.05, 0) is 42.1 Å². The zero-order chi connectivity index (χ0) is 13.3. The molecule has 2 heterocycles. The van der Waals surface area contributed by atoms with Crippen molar-refractivity contribution in [3.8, 4) is 0 Å². The van der Waals surface area contributed by atoms with Crippen LogP contribution in [-0.2, 0) is 9.47 Å². The van der Waals surface area contributed by atoms with Crippen LogP contribution in [0.3, 0.4) is 0 Å². The second kappa shape index (κ2) is 5.34. The van der Waals surface area contributed by atoms with Crippen LogP contribution < -0.4 is 5.32 Å². The minimum atomic E-state index is -0.174. The maximum absolute atomic E-state index is 6.00. The first-order valence-electron chi connectivity index (χ1n) is 6.74. The highest BCUT2D eigenvalue weighted by Crippen LogP contribution is 2.46. The second-order valence-electron chi connectivity index (χ2n) is 5.01. The van der Waals surface area contributed by atoms with Crippen molar-refractivity contribution in [2.75, 3.05) is 18.5 Å². The predicted molar refractivity (Wildman–Crippen MR) is 75.1 cm³/mol. The van der Waals surface area contributed by atoms with E-state index in [2.05, 4.69) is 31.2 Å². The van der Waals surface area contributed by atoms with Crippen molar-refractivity contribution in [1.29, 1.82) is 0 Å². The fourth-order valence-corrected chi connectivity index (χ4v) is 3.23. The smallest absolute Gasteiger partial charge is 0.222 e. The molecule has 19 heavy (non-hydrogen) atoms. The molecule has 1 aromatic rings. The topological polar surface area (TPSA) is 56.3 Å². The van der Waals surface area contributed by atoms with Gasteiger partial charge in [0, 0.05) is 25.6 Å². The van der Waals surface area contributed by atoms with E-state index in [0.717, 1.165) is 36.9 Å². The van der Waals surface area contributed by atoms with Gasteiger partial charge in [-0.15, -0.1) is 0 Å². The third-order valence-corrected chi connectivity index (χ3v) is 4.37. The van der Waals surface area contributed by atoms with Gasteiger partial charge in [0.2, 0.25) is 5.95 Å². The molecule has 0 radical (unpaired) electrons. The molecule has 104 valence electrons. The highest BCUT2D eigenvalue weighted by molar-refractivity contribution is 9.10. The molecular weight excluding hydrogens is 310 g/mol. The Morgan fingerprint density at radius 3 is 2.95 bits per heavy atom. The Balaban J connectivity index is 1.70. The number of ether oxygens (including phenoxy) is 2. The summed E-state index contributed by atoms with van der Waals surface area (Å²) < 4.78 is 12.7. The fourth-order valence-electron chi connectivity index (χ4n) is 3.02. The molecule has 1 aliphatic carbocycles. The SMILES string of the molecule is CCOC1CC(Nc2ncc(Br)cn2)C12CCCO2. The molecule has 5 nitrogen and oxygen atoms in total. The standard InChI is InChI=1S/C13H18BrN3O2/c1-2-18-11-6-10(13(11)4-3-5-19-13)17-12-15-7-9(14)8-16-12/h7-8,10-11H,2-6H2,1H3,(H,15,16,17). The Kier molecular flexibility index (Phi) is 3.73. The Bertz CT molecular complexity index is 434. The van der Waals surface area contributed by atoms with Crippen LogP contribution in [-0.4, -0.2) is 40.9 Å². The van der Waals surface area contributed by atoms with Crippen LogP contribution in [0, 0.1) is 0 Å². The van der Waals surface area contributed by atoms with Gasteiger partial charge >= 0.3 is 0 Å². The maximum Gasteiger partial charge on any atom is 0.222 e. The van der Waals surface area contributed by atoms with Gasteiger partial charge in [-0.3, -0.25) is 0 Å². The lowest BCUT2D eigenvalue weighted by atomic mass is 9.70. The number of aromatic nitrogens is 2. The van der Waals surface area contributed by atoms with Crippen molar-refractivity contribution in [2.45, 2.75) is 43.9 Å². The minimum Gasteiger partial charge on any atom is -0.375 e. The third kappa shape index (κ3) is 2.37. The molecule has 1 saturated heterocycles. The van der Waals surface area contributed by atoms with Gasteiger partial charge in [0.25, 0.3) is 0 Å². The summed E-state index contributed by atoms with van der Waals surface area (Å²) in [6, 6.07) is 0.243. The highest BCUT2D eigenvalue weighted by atomic mass is 79.9. The number of rotatable bonds is 4. The van der Waals surface area contributed by atoms with E-state index in [1.54, 1.807) is 12.4 Å². The molecule has 1 N–H and O–H groups in total. The lowest BCUT2D eigenvalue weighted by Crippen LogP contribution is -2.66. The second-order valence-corrected chi connectivity index (χ2v) is 5.92. The number of hydrogen-bond donors (Lipinski definition) is 1. The van der Waals surface area contributed by atoms with E-state index >= 15 is 0 Å². The lowest BCUT2D eigenvalue weighted by Gasteiger charge is -2.52. The van der Waals surface area contributed by atoms with Gasteiger partial charge in [-0.2, -0.15) is 0 Å². The van der Waals surface area contributed by atoms with Gasteiger partial charge < -0.3 is 14.8 Å². The van der Waals surface area contributed by atoms with Crippen molar-refractivity contribution in [2.24, 2.45) is 0 Å². The summed E-state index contributed by atoms with van der Waals surface area (Å²) >= 11 is 3.34. The largest absolute Gasteiger partial charge is 0.375 e. The van der Waals surface area contributed by atoms with Crippen LogP contribution in [0.2, 0.25) is 0 Å². The molecule has 2 aliphatic rings. The molecule has 0 bridgehead atoms. The van der Waals surface area contributed by atoms with Crippen molar-refractivity contribution in [3.63, 3.8) is 0 Å². The predicted octanol–water partition coefficient (Wildman–Crippen LogP) is 2.38. The van der Waals surface area contributed by atoms with Crippen LogP contribution in [0.1, 0.15) is 26.2 Å². The summed E-state index contributed by atoms with van der Waals surface area (Å²) in [7, 11) is 0.